The molecule has 0 unspecified atom stereocenters. The molecule has 3 nitrogen and oxygen atoms in total. The van der Waals surface area contributed by atoms with Gasteiger partial charge in [0, 0.05) is 26.2 Å². The Bertz CT molecular complexity index is 331. The third-order valence-electron chi connectivity index (χ3n) is 2.56. The third kappa shape index (κ3) is 3.18. The zero-order valence-electron chi connectivity index (χ0n) is 9.62. The molecule has 0 bridgehead atoms. The minimum Gasteiger partial charge on any atom is -0.396 e. The molecule has 90 valence electrons. The monoisotopic (exact) mass is 226 g/mol. The minimum absolute atomic E-state index is 0.124. The lowest BCUT2D eigenvalue weighted by atomic mass is 10.2. The SMILES string of the molecule is CCN(CCCO)c1ccc(CN)cc1F. The van der Waals surface area contributed by atoms with Gasteiger partial charge in [-0.25, -0.2) is 4.39 Å². The van der Waals surface area contributed by atoms with Crippen molar-refractivity contribution in [1.29, 1.82) is 0 Å². The molecule has 0 saturated heterocycles. The Morgan fingerprint density at radius 3 is 2.69 bits per heavy atom. The van der Waals surface area contributed by atoms with Gasteiger partial charge in [-0.2, -0.15) is 0 Å². The molecule has 1 aromatic carbocycles. The van der Waals surface area contributed by atoms with Crippen LogP contribution in [0.15, 0.2) is 18.2 Å². The average molecular weight is 226 g/mol. The van der Waals surface area contributed by atoms with Gasteiger partial charge in [0.25, 0.3) is 0 Å². The normalized spacial score (nSPS) is 10.5. The van der Waals surface area contributed by atoms with Gasteiger partial charge in [0.15, 0.2) is 0 Å². The first kappa shape index (κ1) is 12.9. The van der Waals surface area contributed by atoms with Crippen molar-refractivity contribution in [2.24, 2.45) is 5.73 Å². The summed E-state index contributed by atoms with van der Waals surface area (Å²) in [7, 11) is 0. The van der Waals surface area contributed by atoms with E-state index in [2.05, 4.69) is 0 Å². The van der Waals surface area contributed by atoms with Gasteiger partial charge < -0.3 is 15.7 Å². The molecule has 0 radical (unpaired) electrons. The molecule has 0 aliphatic heterocycles. The lowest BCUT2D eigenvalue weighted by molar-refractivity contribution is 0.289. The molecule has 3 N–H and O–H groups in total. The molecule has 0 saturated carbocycles. The van der Waals surface area contributed by atoms with E-state index in [0.717, 1.165) is 12.1 Å². The zero-order chi connectivity index (χ0) is 12.0. The summed E-state index contributed by atoms with van der Waals surface area (Å²) in [5, 5.41) is 8.77. The molecule has 16 heavy (non-hydrogen) atoms. The highest BCUT2D eigenvalue weighted by molar-refractivity contribution is 5.49. The van der Waals surface area contributed by atoms with Gasteiger partial charge in [-0.1, -0.05) is 6.07 Å². The highest BCUT2D eigenvalue weighted by Gasteiger charge is 2.09. The van der Waals surface area contributed by atoms with E-state index in [9.17, 15) is 4.39 Å². The van der Waals surface area contributed by atoms with Crippen LogP contribution < -0.4 is 10.6 Å². The Kier molecular flexibility index (Phi) is 5.22. The number of hydrogen-bond donors (Lipinski definition) is 2. The van der Waals surface area contributed by atoms with E-state index in [1.807, 2.05) is 17.9 Å². The van der Waals surface area contributed by atoms with Crippen molar-refractivity contribution < 1.29 is 9.50 Å². The van der Waals surface area contributed by atoms with Crippen molar-refractivity contribution in [3.8, 4) is 0 Å². The minimum atomic E-state index is -0.247. The van der Waals surface area contributed by atoms with E-state index < -0.39 is 0 Å². The van der Waals surface area contributed by atoms with Crippen LogP contribution in [0.3, 0.4) is 0 Å². The maximum absolute atomic E-state index is 13.7. The third-order valence-corrected chi connectivity index (χ3v) is 2.56. The highest BCUT2D eigenvalue weighted by atomic mass is 19.1. The van der Waals surface area contributed by atoms with Gasteiger partial charge in [-0.3, -0.25) is 0 Å². The molecule has 0 aliphatic rings. The van der Waals surface area contributed by atoms with Gasteiger partial charge >= 0.3 is 0 Å². The largest absolute Gasteiger partial charge is 0.396 e. The van der Waals surface area contributed by atoms with E-state index in [0.29, 0.717) is 25.2 Å². The molecular formula is C12H19FN2O. The molecule has 0 amide bonds. The fraction of sp³-hybridized carbons (Fsp3) is 0.500. The molecule has 0 aromatic heterocycles. The highest BCUT2D eigenvalue weighted by Crippen LogP contribution is 2.20. The second kappa shape index (κ2) is 6.45. The predicted octanol–water partition coefficient (Wildman–Crippen LogP) is 1.49. The molecule has 0 atom stereocenters. The number of anilines is 1. The second-order valence-electron chi connectivity index (χ2n) is 3.65. The van der Waals surface area contributed by atoms with E-state index in [4.69, 9.17) is 10.8 Å². The number of rotatable bonds is 6. The molecule has 4 heteroatoms. The summed E-state index contributed by atoms with van der Waals surface area (Å²) in [5.74, 6) is -0.247. The Morgan fingerprint density at radius 1 is 1.44 bits per heavy atom. The Balaban J connectivity index is 2.83. The van der Waals surface area contributed by atoms with Crippen molar-refractivity contribution in [3.63, 3.8) is 0 Å². The lowest BCUT2D eigenvalue weighted by Crippen LogP contribution is -2.25. The van der Waals surface area contributed by atoms with Crippen LogP contribution in [-0.2, 0) is 6.54 Å². The predicted molar refractivity (Wildman–Crippen MR) is 63.9 cm³/mol. The van der Waals surface area contributed by atoms with E-state index in [-0.39, 0.29) is 12.4 Å². The Hall–Kier alpha value is -1.13. The van der Waals surface area contributed by atoms with Gasteiger partial charge in [0.1, 0.15) is 5.82 Å². The molecule has 0 heterocycles. The number of aliphatic hydroxyl groups excluding tert-OH is 1. The van der Waals surface area contributed by atoms with Crippen molar-refractivity contribution >= 4 is 5.69 Å². The first-order valence-electron chi connectivity index (χ1n) is 5.57. The van der Waals surface area contributed by atoms with Crippen molar-refractivity contribution in [3.05, 3.63) is 29.6 Å². The van der Waals surface area contributed by atoms with E-state index >= 15 is 0 Å². The standard InChI is InChI=1S/C12H19FN2O/c1-2-15(6-3-7-16)12-5-4-10(9-14)8-11(12)13/h4-5,8,16H,2-3,6-7,9,14H2,1H3. The van der Waals surface area contributed by atoms with E-state index in [1.165, 1.54) is 6.07 Å². The number of benzene rings is 1. The summed E-state index contributed by atoms with van der Waals surface area (Å²) in [6.45, 7) is 3.82. The van der Waals surface area contributed by atoms with Crippen LogP contribution >= 0.6 is 0 Å². The van der Waals surface area contributed by atoms with Gasteiger partial charge in [-0.15, -0.1) is 0 Å². The van der Waals surface area contributed by atoms with Crippen LogP contribution in [0.25, 0.3) is 0 Å². The maximum Gasteiger partial charge on any atom is 0.146 e. The molecule has 0 aliphatic carbocycles. The Morgan fingerprint density at radius 2 is 2.19 bits per heavy atom. The topological polar surface area (TPSA) is 49.5 Å². The summed E-state index contributed by atoms with van der Waals surface area (Å²) in [4.78, 5) is 1.91. The molecule has 0 spiro atoms. The first-order valence-corrected chi connectivity index (χ1v) is 5.57. The maximum atomic E-state index is 13.7. The number of nitrogens with zero attached hydrogens (tertiary/aromatic N) is 1. The van der Waals surface area contributed by atoms with E-state index in [1.54, 1.807) is 6.07 Å². The molecule has 1 aromatic rings. The number of nitrogens with two attached hydrogens (primary N) is 1. The summed E-state index contributed by atoms with van der Waals surface area (Å²) in [5.41, 5.74) is 6.81. The molecular weight excluding hydrogens is 207 g/mol. The van der Waals surface area contributed by atoms with Gasteiger partial charge in [0.05, 0.1) is 5.69 Å². The number of aliphatic hydroxyl groups is 1. The average Bonchev–Trinajstić information content (AvgIpc) is 2.31. The summed E-state index contributed by atoms with van der Waals surface area (Å²) < 4.78 is 13.7. The molecule has 1 rings (SSSR count). The van der Waals surface area contributed by atoms with Crippen LogP contribution in [0, 0.1) is 5.82 Å². The van der Waals surface area contributed by atoms with Crippen molar-refractivity contribution in [1.82, 2.24) is 0 Å². The smallest absolute Gasteiger partial charge is 0.146 e. The van der Waals surface area contributed by atoms with Gasteiger partial charge in [0.2, 0.25) is 0 Å². The lowest BCUT2D eigenvalue weighted by Gasteiger charge is -2.23. The van der Waals surface area contributed by atoms with Crippen LogP contribution in [0.2, 0.25) is 0 Å². The van der Waals surface area contributed by atoms with Crippen molar-refractivity contribution in [2.45, 2.75) is 19.9 Å². The van der Waals surface area contributed by atoms with Gasteiger partial charge in [-0.05, 0) is 31.0 Å². The van der Waals surface area contributed by atoms with Crippen LogP contribution in [0.4, 0.5) is 10.1 Å². The quantitative estimate of drug-likeness (QED) is 0.772. The second-order valence-corrected chi connectivity index (χ2v) is 3.65. The summed E-state index contributed by atoms with van der Waals surface area (Å²) >= 11 is 0. The van der Waals surface area contributed by atoms with Crippen LogP contribution in [-0.4, -0.2) is 24.8 Å². The Labute approximate surface area is 95.7 Å². The first-order chi connectivity index (χ1) is 7.72. The zero-order valence-corrected chi connectivity index (χ0v) is 9.62. The van der Waals surface area contributed by atoms with Crippen LogP contribution in [0.5, 0.6) is 0 Å². The number of hydrogen-bond acceptors (Lipinski definition) is 3. The number of halogens is 1. The fourth-order valence-corrected chi connectivity index (χ4v) is 1.64. The summed E-state index contributed by atoms with van der Waals surface area (Å²) in [6, 6.07) is 5.05. The summed E-state index contributed by atoms with van der Waals surface area (Å²) in [6.07, 6.45) is 0.645. The fourth-order valence-electron chi connectivity index (χ4n) is 1.64. The molecule has 0 fully saturated rings. The van der Waals surface area contributed by atoms with Crippen molar-refractivity contribution in [2.75, 3.05) is 24.6 Å². The van der Waals surface area contributed by atoms with Crippen LogP contribution in [0.1, 0.15) is 18.9 Å².